The summed E-state index contributed by atoms with van der Waals surface area (Å²) in [5.74, 6) is -0.345. The van der Waals surface area contributed by atoms with Gasteiger partial charge in [0.25, 0.3) is 0 Å². The van der Waals surface area contributed by atoms with E-state index >= 15 is 0 Å². The summed E-state index contributed by atoms with van der Waals surface area (Å²) in [6.07, 6.45) is 0. The Morgan fingerprint density at radius 2 is 1.69 bits per heavy atom. The fraction of sp³-hybridized carbons (Fsp3) is 0.684. The van der Waals surface area contributed by atoms with Crippen LogP contribution in [-0.4, -0.2) is 38.8 Å². The van der Waals surface area contributed by atoms with Crippen LogP contribution in [0.5, 0.6) is 5.75 Å². The molecule has 1 fully saturated rings. The predicted molar refractivity (Wildman–Crippen MR) is 103 cm³/mol. The summed E-state index contributed by atoms with van der Waals surface area (Å²) in [6, 6.07) is 3.22. The minimum Gasteiger partial charge on any atom is -0.462 e. The van der Waals surface area contributed by atoms with Crippen molar-refractivity contribution >= 4 is 18.3 Å². The van der Waals surface area contributed by atoms with Gasteiger partial charge in [0.15, 0.2) is 18.4 Å². The summed E-state index contributed by atoms with van der Waals surface area (Å²) >= 11 is 0. The minimum atomic E-state index is -0.638. The van der Waals surface area contributed by atoms with Gasteiger partial charge in [0.1, 0.15) is 0 Å². The molecule has 1 heterocycles. The zero-order valence-corrected chi connectivity index (χ0v) is 17.2. The van der Waals surface area contributed by atoms with Gasteiger partial charge in [-0.3, -0.25) is 0 Å². The molecule has 1 aliphatic heterocycles. The smallest absolute Gasteiger partial charge is 0.462 e. The van der Waals surface area contributed by atoms with E-state index in [2.05, 4.69) is 26.1 Å². The summed E-state index contributed by atoms with van der Waals surface area (Å²) in [5, 5.41) is 3.28. The fourth-order valence-corrected chi connectivity index (χ4v) is 2.49. The number of benzene rings is 1. The Labute approximate surface area is 156 Å². The molecule has 1 aliphatic rings. The molecular weight excluding hydrogens is 336 g/mol. The Kier molecular flexibility index (Phi) is 5.95. The zero-order chi connectivity index (χ0) is 19.8. The molecule has 0 aromatic heterocycles. The molecule has 7 heteroatoms. The van der Waals surface area contributed by atoms with Crippen molar-refractivity contribution in [2.24, 2.45) is 5.41 Å². The topological polar surface area (TPSA) is 49.0 Å². The third-order valence-electron chi connectivity index (χ3n) is 4.72. The van der Waals surface area contributed by atoms with E-state index in [1.807, 2.05) is 33.8 Å². The maximum Gasteiger partial charge on any atom is 0.495 e. The van der Waals surface area contributed by atoms with Gasteiger partial charge in [-0.05, 0) is 50.7 Å². The molecule has 0 aliphatic carbocycles. The molecule has 0 amide bonds. The second-order valence-electron chi connectivity index (χ2n) is 8.93. The van der Waals surface area contributed by atoms with Gasteiger partial charge in [0, 0.05) is 13.7 Å². The second kappa shape index (κ2) is 7.37. The van der Waals surface area contributed by atoms with Crippen molar-refractivity contribution in [3.05, 3.63) is 17.9 Å². The van der Waals surface area contributed by atoms with Crippen molar-refractivity contribution in [2.45, 2.75) is 59.7 Å². The van der Waals surface area contributed by atoms with E-state index in [1.54, 1.807) is 0 Å². The first-order chi connectivity index (χ1) is 11.9. The first-order valence-electron chi connectivity index (χ1n) is 8.91. The van der Waals surface area contributed by atoms with Gasteiger partial charge in [-0.1, -0.05) is 20.8 Å². The second-order valence-corrected chi connectivity index (χ2v) is 8.93. The van der Waals surface area contributed by atoms with E-state index < -0.39 is 24.1 Å². The van der Waals surface area contributed by atoms with E-state index in [0.717, 1.165) is 0 Å². The molecule has 5 nitrogen and oxygen atoms in total. The van der Waals surface area contributed by atoms with E-state index in [1.165, 1.54) is 13.2 Å². The Balaban J connectivity index is 2.35. The lowest BCUT2D eigenvalue weighted by Crippen LogP contribution is -2.41. The summed E-state index contributed by atoms with van der Waals surface area (Å²) in [4.78, 5) is 0. The molecule has 1 N–H and O–H groups in total. The van der Waals surface area contributed by atoms with Crippen molar-refractivity contribution in [3.8, 4) is 5.75 Å². The highest BCUT2D eigenvalue weighted by atomic mass is 19.1. The van der Waals surface area contributed by atoms with Gasteiger partial charge in [0.05, 0.1) is 16.9 Å². The third-order valence-corrected chi connectivity index (χ3v) is 4.72. The molecule has 26 heavy (non-hydrogen) atoms. The molecule has 2 rings (SSSR count). The minimum absolute atomic E-state index is 0.0232. The molecule has 0 unspecified atom stereocenters. The maximum atomic E-state index is 14.8. The average Bonchev–Trinajstić information content (AvgIpc) is 2.71. The first kappa shape index (κ1) is 21.0. The molecule has 1 aromatic rings. The Morgan fingerprint density at radius 3 is 2.19 bits per heavy atom. The predicted octanol–water partition coefficient (Wildman–Crippen LogP) is 3.57. The molecular formula is C19H31BFNO4. The number of hydrogen-bond acceptors (Lipinski definition) is 5. The lowest BCUT2D eigenvalue weighted by Gasteiger charge is -2.32. The fourth-order valence-electron chi connectivity index (χ4n) is 2.49. The SMILES string of the molecule is COCOc1c(F)cc(B2OC(C)(C)C(C)(C)O2)cc1NCC(C)(C)C. The molecule has 0 bridgehead atoms. The standard InChI is InChI=1S/C19H31BFNO4/c1-17(2,3)11-22-15-10-13(9-14(21)16(15)24-12-23-8)20-25-18(4,5)19(6,7)26-20/h9-10,22H,11-12H2,1-8H3. The van der Waals surface area contributed by atoms with Crippen LogP contribution in [0.2, 0.25) is 0 Å². The lowest BCUT2D eigenvalue weighted by atomic mass is 9.78. The highest BCUT2D eigenvalue weighted by Crippen LogP contribution is 2.37. The van der Waals surface area contributed by atoms with Crippen molar-refractivity contribution in [2.75, 3.05) is 25.8 Å². The van der Waals surface area contributed by atoms with Crippen LogP contribution in [-0.2, 0) is 14.0 Å². The van der Waals surface area contributed by atoms with Gasteiger partial charge in [-0.25, -0.2) is 4.39 Å². The first-order valence-corrected chi connectivity index (χ1v) is 8.91. The molecule has 146 valence electrons. The largest absolute Gasteiger partial charge is 0.495 e. The highest BCUT2D eigenvalue weighted by Gasteiger charge is 2.52. The Hall–Kier alpha value is -1.31. The molecule has 1 aromatic carbocycles. The molecule has 0 radical (unpaired) electrons. The van der Waals surface area contributed by atoms with Gasteiger partial charge in [-0.15, -0.1) is 0 Å². The number of ether oxygens (including phenoxy) is 2. The molecule has 0 saturated carbocycles. The number of hydrogen-bond donors (Lipinski definition) is 1. The van der Waals surface area contributed by atoms with Gasteiger partial charge >= 0.3 is 7.12 Å². The van der Waals surface area contributed by atoms with E-state index in [4.69, 9.17) is 18.8 Å². The van der Waals surface area contributed by atoms with Gasteiger partial charge in [-0.2, -0.15) is 0 Å². The summed E-state index contributed by atoms with van der Waals surface area (Å²) in [6.45, 7) is 14.8. The Bertz CT molecular complexity index is 627. The summed E-state index contributed by atoms with van der Waals surface area (Å²) in [5.41, 5.74) is 0.218. The van der Waals surface area contributed by atoms with Crippen molar-refractivity contribution in [1.29, 1.82) is 0 Å². The monoisotopic (exact) mass is 367 g/mol. The van der Waals surface area contributed by atoms with Crippen LogP contribution < -0.4 is 15.5 Å². The zero-order valence-electron chi connectivity index (χ0n) is 17.2. The van der Waals surface area contributed by atoms with Gasteiger partial charge < -0.3 is 24.1 Å². The molecule has 1 saturated heterocycles. The normalized spacial score (nSPS) is 18.9. The summed E-state index contributed by atoms with van der Waals surface area (Å²) < 4.78 is 37.2. The van der Waals surface area contributed by atoms with E-state index in [9.17, 15) is 4.39 Å². The van der Waals surface area contributed by atoms with Crippen molar-refractivity contribution in [3.63, 3.8) is 0 Å². The van der Waals surface area contributed by atoms with Crippen LogP contribution in [0, 0.1) is 11.2 Å². The lowest BCUT2D eigenvalue weighted by molar-refractivity contribution is 0.00578. The van der Waals surface area contributed by atoms with Crippen LogP contribution in [0.1, 0.15) is 48.5 Å². The molecule has 0 atom stereocenters. The third kappa shape index (κ3) is 4.70. The Morgan fingerprint density at radius 1 is 1.12 bits per heavy atom. The van der Waals surface area contributed by atoms with Crippen LogP contribution in [0.15, 0.2) is 12.1 Å². The maximum absolute atomic E-state index is 14.8. The van der Waals surface area contributed by atoms with Crippen LogP contribution in [0.3, 0.4) is 0 Å². The number of nitrogens with one attached hydrogen (secondary N) is 1. The average molecular weight is 367 g/mol. The quantitative estimate of drug-likeness (QED) is 0.615. The van der Waals surface area contributed by atoms with Crippen molar-refractivity contribution in [1.82, 2.24) is 0 Å². The van der Waals surface area contributed by atoms with Gasteiger partial charge in [0.2, 0.25) is 0 Å². The van der Waals surface area contributed by atoms with E-state index in [-0.39, 0.29) is 18.0 Å². The summed E-state index contributed by atoms with van der Waals surface area (Å²) in [7, 11) is 0.861. The van der Waals surface area contributed by atoms with Crippen LogP contribution in [0.4, 0.5) is 10.1 Å². The number of methoxy groups -OCH3 is 1. The number of rotatable bonds is 6. The number of anilines is 1. The van der Waals surface area contributed by atoms with Crippen LogP contribution >= 0.6 is 0 Å². The van der Waals surface area contributed by atoms with Crippen molar-refractivity contribution < 1.29 is 23.2 Å². The highest BCUT2D eigenvalue weighted by molar-refractivity contribution is 6.62. The van der Waals surface area contributed by atoms with E-state index in [0.29, 0.717) is 17.7 Å². The molecule has 0 spiro atoms. The number of halogens is 1. The van der Waals surface area contributed by atoms with Crippen LogP contribution in [0.25, 0.3) is 0 Å².